The topological polar surface area (TPSA) is 69.7 Å². The molecule has 0 aliphatic carbocycles. The van der Waals surface area contributed by atoms with E-state index in [0.717, 1.165) is 30.2 Å². The normalized spacial score (nSPS) is 17.7. The summed E-state index contributed by atoms with van der Waals surface area (Å²) in [5, 5.41) is 3.58. The molecule has 2 N–H and O–H groups in total. The largest absolute Gasteiger partial charge is 0.368 e. The van der Waals surface area contributed by atoms with Crippen molar-refractivity contribution in [2.75, 3.05) is 32.0 Å². The fourth-order valence-corrected chi connectivity index (χ4v) is 2.84. The first-order valence-electron chi connectivity index (χ1n) is 7.01. The standard InChI is InChI=1S/C13H19ClN6/c1-20-6-3-9(4-7-20)2-5-15-11-10-12(17-8-16-10)19-13(14)18-11/h8-9H,2-7H2,1H3,(H2,15,16,17,18,19). The highest BCUT2D eigenvalue weighted by molar-refractivity contribution is 6.28. The zero-order valence-electron chi connectivity index (χ0n) is 11.6. The lowest BCUT2D eigenvalue weighted by Gasteiger charge is -2.28. The molecule has 0 amide bonds. The molecule has 1 fully saturated rings. The Morgan fingerprint density at radius 1 is 1.40 bits per heavy atom. The Morgan fingerprint density at radius 3 is 3.00 bits per heavy atom. The molecule has 3 rings (SSSR count). The lowest BCUT2D eigenvalue weighted by atomic mass is 9.94. The van der Waals surface area contributed by atoms with Gasteiger partial charge in [0.1, 0.15) is 5.52 Å². The molecule has 0 spiro atoms. The van der Waals surface area contributed by atoms with Crippen LogP contribution in [-0.2, 0) is 0 Å². The van der Waals surface area contributed by atoms with Crippen molar-refractivity contribution in [3.8, 4) is 0 Å². The zero-order chi connectivity index (χ0) is 13.9. The highest BCUT2D eigenvalue weighted by atomic mass is 35.5. The number of nitrogens with zero attached hydrogens (tertiary/aromatic N) is 4. The van der Waals surface area contributed by atoms with Crippen molar-refractivity contribution in [1.82, 2.24) is 24.8 Å². The fraction of sp³-hybridized carbons (Fsp3) is 0.615. The van der Waals surface area contributed by atoms with Crippen molar-refractivity contribution in [1.29, 1.82) is 0 Å². The van der Waals surface area contributed by atoms with Crippen LogP contribution in [0.4, 0.5) is 5.82 Å². The van der Waals surface area contributed by atoms with E-state index in [9.17, 15) is 0 Å². The molecule has 0 atom stereocenters. The second kappa shape index (κ2) is 5.93. The fourth-order valence-electron chi connectivity index (χ4n) is 2.68. The molecule has 7 heteroatoms. The molecule has 0 bridgehead atoms. The van der Waals surface area contributed by atoms with E-state index in [4.69, 9.17) is 11.6 Å². The minimum absolute atomic E-state index is 0.228. The third-order valence-corrected chi connectivity index (χ3v) is 4.11. The van der Waals surface area contributed by atoms with Gasteiger partial charge in [0.15, 0.2) is 11.5 Å². The first-order valence-corrected chi connectivity index (χ1v) is 7.39. The third kappa shape index (κ3) is 3.02. The number of likely N-dealkylation sites (tertiary alicyclic amines) is 1. The van der Waals surface area contributed by atoms with E-state index in [1.165, 1.54) is 25.9 Å². The van der Waals surface area contributed by atoms with Gasteiger partial charge in [-0.25, -0.2) is 4.98 Å². The molecule has 3 heterocycles. The van der Waals surface area contributed by atoms with Gasteiger partial charge in [0, 0.05) is 6.54 Å². The maximum absolute atomic E-state index is 5.90. The predicted octanol–water partition coefficient (Wildman–Crippen LogP) is 2.15. The van der Waals surface area contributed by atoms with Crippen LogP contribution in [0.3, 0.4) is 0 Å². The van der Waals surface area contributed by atoms with Crippen LogP contribution in [0.5, 0.6) is 0 Å². The smallest absolute Gasteiger partial charge is 0.226 e. The van der Waals surface area contributed by atoms with Crippen LogP contribution in [0.25, 0.3) is 11.2 Å². The summed E-state index contributed by atoms with van der Waals surface area (Å²) >= 11 is 5.90. The highest BCUT2D eigenvalue weighted by Crippen LogP contribution is 2.21. The Hall–Kier alpha value is -1.40. The van der Waals surface area contributed by atoms with Crippen LogP contribution in [-0.4, -0.2) is 51.5 Å². The number of fused-ring (bicyclic) bond motifs is 1. The lowest BCUT2D eigenvalue weighted by molar-refractivity contribution is 0.215. The first-order chi connectivity index (χ1) is 9.72. The summed E-state index contributed by atoms with van der Waals surface area (Å²) in [4.78, 5) is 17.8. The predicted molar refractivity (Wildman–Crippen MR) is 80.0 cm³/mol. The summed E-state index contributed by atoms with van der Waals surface area (Å²) in [5.74, 6) is 1.54. The van der Waals surface area contributed by atoms with Crippen LogP contribution in [0.15, 0.2) is 6.33 Å². The number of halogens is 1. The molecule has 0 aromatic carbocycles. The summed E-state index contributed by atoms with van der Waals surface area (Å²) in [6.07, 6.45) is 5.33. The van der Waals surface area contributed by atoms with Gasteiger partial charge in [0.2, 0.25) is 5.28 Å². The quantitative estimate of drug-likeness (QED) is 0.846. The Labute approximate surface area is 123 Å². The minimum Gasteiger partial charge on any atom is -0.368 e. The van der Waals surface area contributed by atoms with E-state index in [1.54, 1.807) is 6.33 Å². The van der Waals surface area contributed by atoms with Gasteiger partial charge >= 0.3 is 0 Å². The van der Waals surface area contributed by atoms with Crippen LogP contribution in [0.2, 0.25) is 5.28 Å². The van der Waals surface area contributed by atoms with Gasteiger partial charge in [-0.2, -0.15) is 9.97 Å². The number of imidazole rings is 1. The molecular formula is C13H19ClN6. The van der Waals surface area contributed by atoms with Crippen molar-refractivity contribution < 1.29 is 0 Å². The summed E-state index contributed by atoms with van der Waals surface area (Å²) in [5.41, 5.74) is 1.42. The van der Waals surface area contributed by atoms with Gasteiger partial charge in [-0.1, -0.05) is 0 Å². The Morgan fingerprint density at radius 2 is 2.20 bits per heavy atom. The lowest BCUT2D eigenvalue weighted by Crippen LogP contribution is -2.30. The third-order valence-electron chi connectivity index (χ3n) is 3.94. The van der Waals surface area contributed by atoms with Gasteiger partial charge in [-0.3, -0.25) is 0 Å². The van der Waals surface area contributed by atoms with Gasteiger partial charge in [-0.15, -0.1) is 0 Å². The summed E-state index contributed by atoms with van der Waals surface area (Å²) in [7, 11) is 2.19. The maximum atomic E-state index is 5.90. The molecule has 2 aromatic rings. The minimum atomic E-state index is 0.228. The molecule has 6 nitrogen and oxygen atoms in total. The maximum Gasteiger partial charge on any atom is 0.226 e. The summed E-state index contributed by atoms with van der Waals surface area (Å²) in [6, 6.07) is 0. The van der Waals surface area contributed by atoms with E-state index < -0.39 is 0 Å². The Bertz CT molecular complexity index is 575. The number of aromatic nitrogens is 4. The SMILES string of the molecule is CN1CCC(CCNc2nc(Cl)nc3nc[nH]c23)CC1. The highest BCUT2D eigenvalue weighted by Gasteiger charge is 2.16. The van der Waals surface area contributed by atoms with Gasteiger partial charge < -0.3 is 15.2 Å². The van der Waals surface area contributed by atoms with Crippen LogP contribution in [0, 0.1) is 5.92 Å². The average molecular weight is 295 g/mol. The molecule has 1 aliphatic rings. The number of rotatable bonds is 4. The molecular weight excluding hydrogens is 276 g/mol. The number of hydrogen-bond acceptors (Lipinski definition) is 5. The molecule has 1 saturated heterocycles. The number of aromatic amines is 1. The molecule has 20 heavy (non-hydrogen) atoms. The van der Waals surface area contributed by atoms with E-state index in [0.29, 0.717) is 5.65 Å². The van der Waals surface area contributed by atoms with Crippen molar-refractivity contribution in [2.45, 2.75) is 19.3 Å². The van der Waals surface area contributed by atoms with Crippen molar-refractivity contribution in [2.24, 2.45) is 5.92 Å². The number of anilines is 1. The summed E-state index contributed by atoms with van der Waals surface area (Å²) in [6.45, 7) is 3.30. The van der Waals surface area contributed by atoms with Crippen LogP contribution in [0.1, 0.15) is 19.3 Å². The first kappa shape index (κ1) is 13.6. The van der Waals surface area contributed by atoms with E-state index in [2.05, 4.69) is 37.2 Å². The number of nitrogens with one attached hydrogen (secondary N) is 2. The monoisotopic (exact) mass is 294 g/mol. The van der Waals surface area contributed by atoms with E-state index >= 15 is 0 Å². The molecule has 108 valence electrons. The van der Waals surface area contributed by atoms with Crippen molar-refractivity contribution in [3.05, 3.63) is 11.6 Å². The van der Waals surface area contributed by atoms with Crippen LogP contribution >= 0.6 is 11.6 Å². The molecule has 2 aromatic heterocycles. The molecule has 0 radical (unpaired) electrons. The second-order valence-corrected chi connectivity index (χ2v) is 5.74. The Balaban J connectivity index is 1.58. The molecule has 0 unspecified atom stereocenters. The zero-order valence-corrected chi connectivity index (χ0v) is 12.3. The van der Waals surface area contributed by atoms with E-state index in [-0.39, 0.29) is 5.28 Å². The molecule has 0 saturated carbocycles. The average Bonchev–Trinajstić information content (AvgIpc) is 2.89. The van der Waals surface area contributed by atoms with Gasteiger partial charge in [0.05, 0.1) is 6.33 Å². The van der Waals surface area contributed by atoms with Crippen LogP contribution < -0.4 is 5.32 Å². The number of H-pyrrole nitrogens is 1. The number of hydrogen-bond donors (Lipinski definition) is 2. The summed E-state index contributed by atoms with van der Waals surface area (Å²) < 4.78 is 0. The van der Waals surface area contributed by atoms with E-state index in [1.807, 2.05) is 0 Å². The Kier molecular flexibility index (Phi) is 4.03. The molecule has 1 aliphatic heterocycles. The number of piperidine rings is 1. The van der Waals surface area contributed by atoms with Gasteiger partial charge in [0.25, 0.3) is 0 Å². The van der Waals surface area contributed by atoms with Gasteiger partial charge in [-0.05, 0) is 56.9 Å². The second-order valence-electron chi connectivity index (χ2n) is 5.40. The van der Waals surface area contributed by atoms with Crippen molar-refractivity contribution >= 4 is 28.6 Å². The van der Waals surface area contributed by atoms with Crippen molar-refractivity contribution in [3.63, 3.8) is 0 Å².